The van der Waals surface area contributed by atoms with Crippen LogP contribution in [0.3, 0.4) is 0 Å². The number of aliphatic carboxylic acids is 2. The number of thioether (sulfide) groups is 6. The van der Waals surface area contributed by atoms with E-state index >= 15 is 0 Å². The van der Waals surface area contributed by atoms with Gasteiger partial charge in [0.25, 0.3) is 0 Å². The Kier molecular flexibility index (Phi) is 4.68. The lowest BCUT2D eigenvalue weighted by Crippen LogP contribution is -2.03. The van der Waals surface area contributed by atoms with Gasteiger partial charge in [0.15, 0.2) is 0 Å². The fourth-order valence-electron chi connectivity index (χ4n) is 1.47. The highest BCUT2D eigenvalue weighted by molar-refractivity contribution is 8.43. The largest absolute Gasteiger partial charge is 0.477 e. The Morgan fingerprint density at radius 2 is 1.10 bits per heavy atom. The summed E-state index contributed by atoms with van der Waals surface area (Å²) in [6, 6.07) is 0. The normalized spacial score (nSPS) is 22.6. The van der Waals surface area contributed by atoms with Crippen LogP contribution in [0.2, 0.25) is 0 Å². The Hall–Kier alpha value is 0.260. The molecule has 3 aliphatic heterocycles. The van der Waals surface area contributed by atoms with Gasteiger partial charge in [-0.15, -0.1) is 23.5 Å². The summed E-state index contributed by atoms with van der Waals surface area (Å²) in [6.07, 6.45) is 0. The maximum absolute atomic E-state index is 11.1. The van der Waals surface area contributed by atoms with Gasteiger partial charge in [-0.2, -0.15) is 0 Å². The van der Waals surface area contributed by atoms with Gasteiger partial charge in [-0.25, -0.2) is 9.59 Å². The molecule has 2 N–H and O–H groups in total. The lowest BCUT2D eigenvalue weighted by molar-refractivity contribution is -0.134. The molecule has 0 saturated heterocycles. The maximum atomic E-state index is 11.1. The third kappa shape index (κ3) is 2.91. The standard InChI is InChI=1S/C10H6O4S6/c11-5(12)3-4(6(13)14)18-9(17-3)10-19-7-8(20-10)16-2-1-15-7/h1-2H2,(H,11,12)(H,13,14). The van der Waals surface area contributed by atoms with Crippen molar-refractivity contribution in [2.75, 3.05) is 11.5 Å². The molecule has 0 aromatic carbocycles. The first-order valence-corrected chi connectivity index (χ1v) is 10.5. The molecule has 4 nitrogen and oxygen atoms in total. The Morgan fingerprint density at radius 3 is 1.50 bits per heavy atom. The zero-order valence-corrected chi connectivity index (χ0v) is 14.5. The van der Waals surface area contributed by atoms with Crippen LogP contribution >= 0.6 is 70.6 Å². The second-order valence-electron chi connectivity index (χ2n) is 3.52. The van der Waals surface area contributed by atoms with Crippen LogP contribution in [0.1, 0.15) is 0 Å². The lowest BCUT2D eigenvalue weighted by atomic mass is 10.5. The molecule has 3 aliphatic rings. The van der Waals surface area contributed by atoms with E-state index in [-0.39, 0.29) is 9.81 Å². The van der Waals surface area contributed by atoms with Crippen molar-refractivity contribution < 1.29 is 19.8 Å². The number of rotatable bonds is 2. The third-order valence-corrected chi connectivity index (χ3v) is 11.1. The summed E-state index contributed by atoms with van der Waals surface area (Å²) < 4.78 is 4.29. The maximum Gasteiger partial charge on any atom is 0.344 e. The summed E-state index contributed by atoms with van der Waals surface area (Å²) in [4.78, 5) is 22.1. The minimum absolute atomic E-state index is 0.0867. The molecule has 0 saturated carbocycles. The summed E-state index contributed by atoms with van der Waals surface area (Å²) >= 11 is 8.99. The fourth-order valence-corrected chi connectivity index (χ4v) is 10.1. The van der Waals surface area contributed by atoms with Crippen molar-refractivity contribution in [1.29, 1.82) is 0 Å². The Morgan fingerprint density at radius 1 is 0.700 bits per heavy atom. The van der Waals surface area contributed by atoms with E-state index in [4.69, 9.17) is 10.2 Å². The second-order valence-corrected chi connectivity index (χ2v) is 10.9. The number of hydrogen-bond donors (Lipinski definition) is 2. The van der Waals surface area contributed by atoms with Gasteiger partial charge < -0.3 is 10.2 Å². The highest BCUT2D eigenvalue weighted by Crippen LogP contribution is 2.64. The average Bonchev–Trinajstić information content (AvgIpc) is 3.02. The van der Waals surface area contributed by atoms with Crippen LogP contribution in [0.15, 0.2) is 26.8 Å². The molecule has 106 valence electrons. The molecule has 0 unspecified atom stereocenters. The van der Waals surface area contributed by atoms with Gasteiger partial charge in [-0.05, 0) is 0 Å². The van der Waals surface area contributed by atoms with Crippen molar-refractivity contribution in [1.82, 2.24) is 0 Å². The van der Waals surface area contributed by atoms with E-state index in [0.717, 1.165) is 43.5 Å². The third-order valence-electron chi connectivity index (χ3n) is 2.24. The van der Waals surface area contributed by atoms with Gasteiger partial charge in [0.2, 0.25) is 0 Å². The highest BCUT2D eigenvalue weighted by atomic mass is 32.3. The summed E-state index contributed by atoms with van der Waals surface area (Å²) in [5, 5.41) is 18.2. The van der Waals surface area contributed by atoms with E-state index in [0.29, 0.717) is 0 Å². The fraction of sp³-hybridized carbons (Fsp3) is 0.200. The van der Waals surface area contributed by atoms with Crippen molar-refractivity contribution in [2.45, 2.75) is 0 Å². The van der Waals surface area contributed by atoms with Gasteiger partial charge in [-0.3, -0.25) is 0 Å². The molecular formula is C10H6O4S6. The van der Waals surface area contributed by atoms with Gasteiger partial charge >= 0.3 is 11.9 Å². The van der Waals surface area contributed by atoms with Crippen molar-refractivity contribution in [3.8, 4) is 0 Å². The van der Waals surface area contributed by atoms with Crippen molar-refractivity contribution in [3.63, 3.8) is 0 Å². The van der Waals surface area contributed by atoms with Crippen molar-refractivity contribution in [2.24, 2.45) is 0 Å². The quantitative estimate of drug-likeness (QED) is 0.730. The van der Waals surface area contributed by atoms with Gasteiger partial charge in [0.05, 0.1) is 16.9 Å². The Balaban J connectivity index is 1.84. The van der Waals surface area contributed by atoms with E-state index in [9.17, 15) is 9.59 Å². The molecule has 0 aromatic rings. The van der Waals surface area contributed by atoms with Gasteiger partial charge in [-0.1, -0.05) is 47.0 Å². The number of hydrogen-bond acceptors (Lipinski definition) is 8. The van der Waals surface area contributed by atoms with Crippen LogP contribution in [0.5, 0.6) is 0 Å². The molecular weight excluding hydrogens is 377 g/mol. The smallest absolute Gasteiger partial charge is 0.344 e. The zero-order valence-electron chi connectivity index (χ0n) is 9.57. The minimum Gasteiger partial charge on any atom is -0.477 e. The molecule has 0 radical (unpaired) electrons. The van der Waals surface area contributed by atoms with E-state index < -0.39 is 11.9 Å². The summed E-state index contributed by atoms with van der Waals surface area (Å²) in [5.41, 5.74) is 0. The molecule has 20 heavy (non-hydrogen) atoms. The average molecular weight is 383 g/mol. The molecule has 0 fully saturated rings. The predicted molar refractivity (Wildman–Crippen MR) is 91.6 cm³/mol. The van der Waals surface area contributed by atoms with Gasteiger partial charge in [0.1, 0.15) is 9.81 Å². The first-order chi connectivity index (χ1) is 9.56. The van der Waals surface area contributed by atoms with E-state index in [1.165, 1.54) is 8.47 Å². The molecule has 0 spiro atoms. The van der Waals surface area contributed by atoms with E-state index in [1.807, 2.05) is 23.5 Å². The van der Waals surface area contributed by atoms with Crippen LogP contribution in [0.4, 0.5) is 0 Å². The predicted octanol–water partition coefficient (Wildman–Crippen LogP) is 4.06. The van der Waals surface area contributed by atoms with Gasteiger partial charge in [0, 0.05) is 11.5 Å². The van der Waals surface area contributed by atoms with Crippen LogP contribution in [0, 0.1) is 0 Å². The number of carboxylic acid groups (broad SMARTS) is 2. The second kappa shape index (κ2) is 6.17. The van der Waals surface area contributed by atoms with E-state index in [2.05, 4.69) is 0 Å². The topological polar surface area (TPSA) is 74.6 Å². The van der Waals surface area contributed by atoms with E-state index in [1.54, 1.807) is 23.5 Å². The minimum atomic E-state index is -1.18. The lowest BCUT2D eigenvalue weighted by Gasteiger charge is -2.08. The first-order valence-electron chi connectivity index (χ1n) is 5.22. The highest BCUT2D eigenvalue weighted by Gasteiger charge is 2.35. The monoisotopic (exact) mass is 382 g/mol. The Bertz CT molecular complexity index is 557. The van der Waals surface area contributed by atoms with Crippen LogP contribution in [0.25, 0.3) is 0 Å². The summed E-state index contributed by atoms with van der Waals surface area (Å²) in [7, 11) is 0. The van der Waals surface area contributed by atoms with Crippen molar-refractivity contribution >= 4 is 82.5 Å². The molecule has 10 heteroatoms. The molecule has 0 bridgehead atoms. The zero-order chi connectivity index (χ0) is 14.3. The summed E-state index contributed by atoms with van der Waals surface area (Å²) in [5.74, 6) is -0.187. The Labute approximate surface area is 140 Å². The molecule has 0 amide bonds. The first kappa shape index (κ1) is 15.2. The van der Waals surface area contributed by atoms with Crippen LogP contribution in [-0.4, -0.2) is 33.7 Å². The van der Waals surface area contributed by atoms with Crippen molar-refractivity contribution in [3.05, 3.63) is 26.8 Å². The number of carbonyl (C=O) groups is 2. The molecule has 0 aromatic heterocycles. The summed E-state index contributed by atoms with van der Waals surface area (Å²) in [6.45, 7) is 0. The van der Waals surface area contributed by atoms with Crippen LogP contribution in [-0.2, 0) is 9.59 Å². The molecule has 3 rings (SSSR count). The van der Waals surface area contributed by atoms with Crippen LogP contribution < -0.4 is 0 Å². The molecule has 3 heterocycles. The number of carboxylic acids is 2. The SMILES string of the molecule is O=C(O)C1=C(C(=O)O)SC(=C2SC3=C(SCCS3)S2)S1. The molecule has 0 atom stereocenters. The molecule has 0 aliphatic carbocycles.